The van der Waals surface area contributed by atoms with E-state index in [1.165, 1.54) is 53.8 Å². The fraction of sp³-hybridized carbons (Fsp3) is 0.0476. The van der Waals surface area contributed by atoms with Crippen LogP contribution in [0.2, 0.25) is 5.02 Å². The Morgan fingerprint density at radius 2 is 2.07 bits per heavy atom. The van der Waals surface area contributed by atoms with Gasteiger partial charge in [0.2, 0.25) is 5.78 Å². The number of carbonyl (C=O) groups is 2. The van der Waals surface area contributed by atoms with Crippen molar-refractivity contribution in [1.29, 1.82) is 0 Å². The average Bonchev–Trinajstić information content (AvgIpc) is 3.26. The van der Waals surface area contributed by atoms with Crippen LogP contribution in [0.4, 0.5) is 4.39 Å². The second-order valence-corrected chi connectivity index (χ2v) is 7.40. The molecule has 7 heteroatoms. The SMILES string of the molecule is O=C(Cc1cccs1)Oc1ccc2c(c1)O/C(=C\c1c(F)cccc1Cl)C2=O. The van der Waals surface area contributed by atoms with E-state index >= 15 is 0 Å². The molecule has 0 spiro atoms. The van der Waals surface area contributed by atoms with E-state index in [4.69, 9.17) is 21.1 Å². The fourth-order valence-corrected chi connectivity index (χ4v) is 3.64. The highest BCUT2D eigenvalue weighted by Gasteiger charge is 2.28. The molecule has 0 aliphatic carbocycles. The Bertz CT molecular complexity index is 1090. The maximum absolute atomic E-state index is 14.0. The highest BCUT2D eigenvalue weighted by molar-refractivity contribution is 7.10. The van der Waals surface area contributed by atoms with Crippen molar-refractivity contribution in [1.82, 2.24) is 0 Å². The van der Waals surface area contributed by atoms with Gasteiger partial charge >= 0.3 is 5.97 Å². The summed E-state index contributed by atoms with van der Waals surface area (Å²) in [5.41, 5.74) is 0.375. The molecule has 2 aromatic carbocycles. The molecule has 0 saturated carbocycles. The number of rotatable bonds is 4. The minimum Gasteiger partial charge on any atom is -0.452 e. The minimum absolute atomic E-state index is 0.0518. The zero-order valence-electron chi connectivity index (χ0n) is 14.3. The summed E-state index contributed by atoms with van der Waals surface area (Å²) >= 11 is 7.47. The number of thiophene rings is 1. The molecule has 0 saturated heterocycles. The molecule has 4 nitrogen and oxygen atoms in total. The molecule has 28 heavy (non-hydrogen) atoms. The maximum Gasteiger partial charge on any atom is 0.316 e. The Morgan fingerprint density at radius 1 is 1.21 bits per heavy atom. The second-order valence-electron chi connectivity index (χ2n) is 5.96. The van der Waals surface area contributed by atoms with Gasteiger partial charge in [-0.3, -0.25) is 9.59 Å². The number of benzene rings is 2. The summed E-state index contributed by atoms with van der Waals surface area (Å²) < 4.78 is 24.8. The van der Waals surface area contributed by atoms with Gasteiger partial charge in [-0.15, -0.1) is 11.3 Å². The Kier molecular flexibility index (Phi) is 4.98. The number of Topliss-reactive ketones (excluding diaryl/α,β-unsaturated/α-hetero) is 1. The molecule has 2 heterocycles. The first-order valence-corrected chi connectivity index (χ1v) is 9.52. The smallest absolute Gasteiger partial charge is 0.316 e. The van der Waals surface area contributed by atoms with E-state index in [1.54, 1.807) is 0 Å². The number of esters is 1. The first-order chi connectivity index (χ1) is 13.5. The molecular formula is C21H12ClFO4S. The number of hydrogen-bond acceptors (Lipinski definition) is 5. The lowest BCUT2D eigenvalue weighted by molar-refractivity contribution is -0.133. The molecule has 0 atom stereocenters. The van der Waals surface area contributed by atoms with E-state index in [-0.39, 0.29) is 34.3 Å². The predicted molar refractivity (Wildman–Crippen MR) is 104 cm³/mol. The van der Waals surface area contributed by atoms with Gasteiger partial charge < -0.3 is 9.47 Å². The summed E-state index contributed by atoms with van der Waals surface area (Å²) in [4.78, 5) is 25.4. The topological polar surface area (TPSA) is 52.6 Å². The third kappa shape index (κ3) is 3.69. The number of fused-ring (bicyclic) bond motifs is 1. The van der Waals surface area contributed by atoms with Crippen molar-refractivity contribution in [3.05, 3.63) is 86.5 Å². The van der Waals surface area contributed by atoms with Crippen molar-refractivity contribution in [2.45, 2.75) is 6.42 Å². The van der Waals surface area contributed by atoms with Crippen molar-refractivity contribution in [2.24, 2.45) is 0 Å². The maximum atomic E-state index is 14.0. The van der Waals surface area contributed by atoms with Crippen LogP contribution in [0.15, 0.2) is 59.7 Å². The molecule has 0 unspecified atom stereocenters. The number of ether oxygens (including phenoxy) is 2. The van der Waals surface area contributed by atoms with Gasteiger partial charge in [0.25, 0.3) is 0 Å². The highest BCUT2D eigenvalue weighted by atomic mass is 35.5. The summed E-state index contributed by atoms with van der Waals surface area (Å²) in [5.74, 6) is -0.922. The Balaban J connectivity index is 1.54. The normalized spacial score (nSPS) is 14.1. The number of halogens is 2. The van der Waals surface area contributed by atoms with Crippen LogP contribution in [0.1, 0.15) is 20.8 Å². The summed E-state index contributed by atoms with van der Waals surface area (Å²) in [6.45, 7) is 0. The van der Waals surface area contributed by atoms with E-state index < -0.39 is 17.6 Å². The molecule has 1 aromatic heterocycles. The molecule has 1 aliphatic rings. The number of ketones is 1. The Morgan fingerprint density at radius 3 is 2.82 bits per heavy atom. The molecule has 0 fully saturated rings. The monoisotopic (exact) mass is 414 g/mol. The molecule has 4 rings (SSSR count). The molecule has 0 radical (unpaired) electrons. The second kappa shape index (κ2) is 7.58. The van der Waals surface area contributed by atoms with E-state index in [0.29, 0.717) is 5.56 Å². The van der Waals surface area contributed by atoms with Gasteiger partial charge in [0.05, 0.1) is 17.0 Å². The van der Waals surface area contributed by atoms with Crippen molar-refractivity contribution >= 4 is 40.8 Å². The zero-order chi connectivity index (χ0) is 19.7. The number of allylic oxidation sites excluding steroid dienone is 1. The van der Waals surface area contributed by atoms with Crippen molar-refractivity contribution in [3.8, 4) is 11.5 Å². The largest absolute Gasteiger partial charge is 0.452 e. The first kappa shape index (κ1) is 18.4. The van der Waals surface area contributed by atoms with E-state index in [1.807, 2.05) is 17.5 Å². The van der Waals surface area contributed by atoms with Crippen LogP contribution in [0.3, 0.4) is 0 Å². The van der Waals surface area contributed by atoms with Crippen LogP contribution in [0, 0.1) is 5.82 Å². The van der Waals surface area contributed by atoms with Gasteiger partial charge in [-0.1, -0.05) is 23.7 Å². The molecule has 0 N–H and O–H groups in total. The quantitative estimate of drug-likeness (QED) is 0.330. The van der Waals surface area contributed by atoms with E-state index in [2.05, 4.69) is 0 Å². The standard InChI is InChI=1S/C21H12ClFO4S/c22-16-4-1-5-17(23)15(16)11-19-21(25)14-7-6-12(9-18(14)27-19)26-20(24)10-13-3-2-8-28-13/h1-9,11H,10H2/b19-11-. The van der Waals surface area contributed by atoms with Gasteiger partial charge in [0.1, 0.15) is 17.3 Å². The predicted octanol–water partition coefficient (Wildman–Crippen LogP) is 5.30. The molecule has 3 aromatic rings. The zero-order valence-corrected chi connectivity index (χ0v) is 15.9. The van der Waals surface area contributed by atoms with Crippen molar-refractivity contribution in [3.63, 3.8) is 0 Å². The average molecular weight is 415 g/mol. The van der Waals surface area contributed by atoms with Gasteiger partial charge in [-0.25, -0.2) is 4.39 Å². The molecule has 0 bridgehead atoms. The van der Waals surface area contributed by atoms with Gasteiger partial charge in [0, 0.05) is 16.5 Å². The summed E-state index contributed by atoms with van der Waals surface area (Å²) in [5, 5.41) is 2.05. The van der Waals surface area contributed by atoms with Crippen molar-refractivity contribution < 1.29 is 23.5 Å². The number of carbonyl (C=O) groups excluding carboxylic acids is 2. The van der Waals surface area contributed by atoms with Gasteiger partial charge in [0.15, 0.2) is 5.76 Å². The highest BCUT2D eigenvalue weighted by Crippen LogP contribution is 2.36. The lowest BCUT2D eigenvalue weighted by Crippen LogP contribution is -2.10. The summed E-state index contributed by atoms with van der Waals surface area (Å²) in [6, 6.07) is 12.4. The van der Waals surface area contributed by atoms with Crippen LogP contribution in [-0.2, 0) is 11.2 Å². The number of hydrogen-bond donors (Lipinski definition) is 0. The van der Waals surface area contributed by atoms with E-state index in [9.17, 15) is 14.0 Å². The molecule has 0 amide bonds. The van der Waals surface area contributed by atoms with Crippen LogP contribution >= 0.6 is 22.9 Å². The van der Waals surface area contributed by atoms with Crippen molar-refractivity contribution in [2.75, 3.05) is 0 Å². The summed E-state index contributed by atoms with van der Waals surface area (Å²) in [6.07, 6.45) is 1.42. The fourth-order valence-electron chi connectivity index (χ4n) is 2.73. The Hall–Kier alpha value is -2.96. The first-order valence-electron chi connectivity index (χ1n) is 8.26. The van der Waals surface area contributed by atoms with Crippen LogP contribution in [0.5, 0.6) is 11.5 Å². The molecule has 1 aliphatic heterocycles. The Labute approximate surface area is 168 Å². The third-order valence-electron chi connectivity index (χ3n) is 4.05. The van der Waals surface area contributed by atoms with Crippen LogP contribution in [-0.4, -0.2) is 11.8 Å². The molecular weight excluding hydrogens is 403 g/mol. The minimum atomic E-state index is -0.560. The molecule has 140 valence electrons. The van der Waals surface area contributed by atoms with Crippen LogP contribution in [0.25, 0.3) is 6.08 Å². The summed E-state index contributed by atoms with van der Waals surface area (Å²) in [7, 11) is 0. The van der Waals surface area contributed by atoms with Gasteiger partial charge in [-0.2, -0.15) is 0 Å². The van der Waals surface area contributed by atoms with Gasteiger partial charge in [-0.05, 0) is 41.8 Å². The van der Waals surface area contributed by atoms with E-state index in [0.717, 1.165) is 4.88 Å². The third-order valence-corrected chi connectivity index (χ3v) is 5.25. The van der Waals surface area contributed by atoms with Crippen LogP contribution < -0.4 is 9.47 Å². The lowest BCUT2D eigenvalue weighted by atomic mass is 10.1. The lowest BCUT2D eigenvalue weighted by Gasteiger charge is -2.05.